The van der Waals surface area contributed by atoms with E-state index in [0.29, 0.717) is 18.7 Å². The van der Waals surface area contributed by atoms with E-state index < -0.39 is 46.2 Å². The van der Waals surface area contributed by atoms with Gasteiger partial charge in [-0.25, -0.2) is 23.3 Å². The zero-order chi connectivity index (χ0) is 28.2. The van der Waals surface area contributed by atoms with Crippen LogP contribution in [0.3, 0.4) is 0 Å². The summed E-state index contributed by atoms with van der Waals surface area (Å²) in [6.07, 6.45) is 0.468. The van der Waals surface area contributed by atoms with Crippen molar-refractivity contribution in [2.75, 3.05) is 18.1 Å². The fourth-order valence-corrected chi connectivity index (χ4v) is 4.78. The molecule has 2 amide bonds. The van der Waals surface area contributed by atoms with Gasteiger partial charge < -0.3 is 10.1 Å². The molecule has 0 radical (unpaired) electrons. The Kier molecular flexibility index (Phi) is 8.56. The second-order valence-electron chi connectivity index (χ2n) is 8.74. The first kappa shape index (κ1) is 28.1. The van der Waals surface area contributed by atoms with E-state index in [-0.39, 0.29) is 27.5 Å². The second-order valence-corrected chi connectivity index (χ2v) is 10.7. The van der Waals surface area contributed by atoms with Crippen LogP contribution in [0.5, 0.6) is 0 Å². The summed E-state index contributed by atoms with van der Waals surface area (Å²) in [5, 5.41) is 8.41. The number of hydrogen-bond donors (Lipinski definition) is 2. The molecule has 3 N–H and O–H groups in total. The minimum Gasteiger partial charge on any atom is -0.454 e. The van der Waals surface area contributed by atoms with E-state index in [9.17, 15) is 27.6 Å². The van der Waals surface area contributed by atoms with Gasteiger partial charge >= 0.3 is 5.97 Å². The van der Waals surface area contributed by atoms with E-state index >= 15 is 0 Å². The Bertz CT molecular complexity index is 1520. The second kappa shape index (κ2) is 11.9. The SMILES string of the molecule is NS(=O)(=O)c1ccc(CCNC2CC(=O)N(c3ccc(C(=O)OCC(=O)c4ccccc4Cl)cc3)C2=O)cc1. The van der Waals surface area contributed by atoms with Crippen molar-refractivity contribution in [3.63, 3.8) is 0 Å². The number of benzene rings is 3. The normalized spacial score (nSPS) is 15.4. The lowest BCUT2D eigenvalue weighted by molar-refractivity contribution is -0.121. The Morgan fingerprint density at radius 1 is 1.00 bits per heavy atom. The monoisotopic (exact) mass is 569 g/mol. The number of carbonyl (C=O) groups is 4. The molecular formula is C27H24ClN3O7S. The minimum atomic E-state index is -3.77. The first-order valence-corrected chi connectivity index (χ1v) is 13.7. The van der Waals surface area contributed by atoms with Gasteiger partial charge in [0.1, 0.15) is 0 Å². The highest BCUT2D eigenvalue weighted by Crippen LogP contribution is 2.24. The van der Waals surface area contributed by atoms with Gasteiger partial charge in [-0.05, 0) is 67.1 Å². The Morgan fingerprint density at radius 2 is 1.67 bits per heavy atom. The number of nitrogens with one attached hydrogen (secondary N) is 1. The summed E-state index contributed by atoms with van der Waals surface area (Å²) in [4.78, 5) is 51.2. The summed E-state index contributed by atoms with van der Waals surface area (Å²) >= 11 is 5.99. The van der Waals surface area contributed by atoms with E-state index in [1.807, 2.05) is 0 Å². The van der Waals surface area contributed by atoms with Crippen LogP contribution < -0.4 is 15.4 Å². The molecule has 0 spiro atoms. The molecule has 12 heteroatoms. The Balaban J connectivity index is 1.30. The van der Waals surface area contributed by atoms with Crippen molar-refractivity contribution in [3.8, 4) is 0 Å². The zero-order valence-corrected chi connectivity index (χ0v) is 22.1. The number of esters is 1. The summed E-state index contributed by atoms with van der Waals surface area (Å²) in [5.41, 5.74) is 1.53. The molecule has 10 nitrogen and oxygen atoms in total. The van der Waals surface area contributed by atoms with Crippen molar-refractivity contribution >= 4 is 50.9 Å². The average molecular weight is 570 g/mol. The summed E-state index contributed by atoms with van der Waals surface area (Å²) in [5.74, 6) is -2.00. The van der Waals surface area contributed by atoms with Crippen LogP contribution in [0.4, 0.5) is 5.69 Å². The lowest BCUT2D eigenvalue weighted by Crippen LogP contribution is -2.39. The van der Waals surface area contributed by atoms with Crippen LogP contribution in [0.1, 0.15) is 32.7 Å². The van der Waals surface area contributed by atoms with Crippen molar-refractivity contribution in [1.29, 1.82) is 0 Å². The number of amides is 2. The lowest BCUT2D eigenvalue weighted by atomic mass is 10.1. The third kappa shape index (κ3) is 6.76. The fraction of sp³-hybridized carbons (Fsp3) is 0.185. The van der Waals surface area contributed by atoms with Gasteiger partial charge in [-0.15, -0.1) is 0 Å². The maximum absolute atomic E-state index is 12.9. The Morgan fingerprint density at radius 3 is 2.31 bits per heavy atom. The van der Waals surface area contributed by atoms with Gasteiger partial charge in [0.15, 0.2) is 6.61 Å². The molecule has 1 heterocycles. The van der Waals surface area contributed by atoms with Crippen molar-refractivity contribution in [3.05, 3.63) is 94.5 Å². The van der Waals surface area contributed by atoms with E-state index in [0.717, 1.165) is 10.5 Å². The minimum absolute atomic E-state index is 0.0105. The molecule has 0 aliphatic carbocycles. The maximum Gasteiger partial charge on any atom is 0.338 e. The standard InChI is InChI=1S/C27H24ClN3O7S/c28-22-4-2-1-3-21(22)24(32)16-38-27(35)18-7-9-19(10-8-18)31-25(33)15-23(26(31)34)30-14-13-17-5-11-20(12-6-17)39(29,36)37/h1-12,23,30H,13-16H2,(H2,29,36,37). The topological polar surface area (TPSA) is 153 Å². The molecular weight excluding hydrogens is 546 g/mol. The number of carbonyl (C=O) groups excluding carboxylic acids is 4. The van der Waals surface area contributed by atoms with Gasteiger partial charge in [0, 0.05) is 5.56 Å². The van der Waals surface area contributed by atoms with Crippen molar-refractivity contribution < 1.29 is 32.3 Å². The van der Waals surface area contributed by atoms with E-state index in [1.165, 1.54) is 42.5 Å². The Hall–Kier alpha value is -3.90. The van der Waals surface area contributed by atoms with E-state index in [4.69, 9.17) is 21.5 Å². The highest BCUT2D eigenvalue weighted by molar-refractivity contribution is 7.89. The lowest BCUT2D eigenvalue weighted by Gasteiger charge is -2.16. The molecule has 1 atom stereocenters. The number of ketones is 1. The smallest absolute Gasteiger partial charge is 0.338 e. The number of ether oxygens (including phenoxy) is 1. The van der Waals surface area contributed by atoms with Crippen LogP contribution in [-0.4, -0.2) is 51.2 Å². The largest absolute Gasteiger partial charge is 0.454 e. The van der Waals surface area contributed by atoms with Gasteiger partial charge in [-0.3, -0.25) is 14.4 Å². The summed E-state index contributed by atoms with van der Waals surface area (Å²) in [6, 6.07) is 17.5. The molecule has 1 aliphatic heterocycles. The van der Waals surface area contributed by atoms with E-state index in [1.54, 1.807) is 30.3 Å². The number of rotatable bonds is 10. The number of sulfonamides is 1. The highest BCUT2D eigenvalue weighted by atomic mass is 35.5. The van der Waals surface area contributed by atoms with Crippen LogP contribution >= 0.6 is 11.6 Å². The summed E-state index contributed by atoms with van der Waals surface area (Å²) < 4.78 is 27.8. The predicted molar refractivity (Wildman–Crippen MR) is 143 cm³/mol. The first-order valence-electron chi connectivity index (χ1n) is 11.8. The number of halogens is 1. The summed E-state index contributed by atoms with van der Waals surface area (Å²) in [7, 11) is -3.77. The predicted octanol–water partition coefficient (Wildman–Crippen LogP) is 2.49. The molecule has 4 rings (SSSR count). The number of primary sulfonamides is 1. The Labute approximate surface area is 229 Å². The number of nitrogens with zero attached hydrogens (tertiary/aromatic N) is 1. The molecule has 3 aromatic rings. The third-order valence-corrected chi connectivity index (χ3v) is 7.33. The molecule has 1 fully saturated rings. The molecule has 3 aromatic carbocycles. The van der Waals surface area contributed by atoms with Gasteiger partial charge in [0.2, 0.25) is 21.7 Å². The van der Waals surface area contributed by atoms with Crippen LogP contribution in [0.15, 0.2) is 77.7 Å². The van der Waals surface area contributed by atoms with Crippen molar-refractivity contribution in [1.82, 2.24) is 5.32 Å². The number of anilines is 1. The number of nitrogens with two attached hydrogens (primary N) is 1. The third-order valence-electron chi connectivity index (χ3n) is 6.07. The van der Waals surface area contributed by atoms with Gasteiger partial charge in [0.05, 0.1) is 33.6 Å². The van der Waals surface area contributed by atoms with Crippen LogP contribution in [-0.2, 0) is 30.8 Å². The molecule has 1 saturated heterocycles. The fourth-order valence-electron chi connectivity index (χ4n) is 4.03. The van der Waals surface area contributed by atoms with Crippen LogP contribution in [0.2, 0.25) is 5.02 Å². The van der Waals surface area contributed by atoms with Crippen molar-refractivity contribution in [2.24, 2.45) is 5.14 Å². The van der Waals surface area contributed by atoms with E-state index in [2.05, 4.69) is 5.32 Å². The summed E-state index contributed by atoms with van der Waals surface area (Å²) in [6.45, 7) is -0.110. The molecule has 0 saturated carbocycles. The molecule has 0 aromatic heterocycles. The molecule has 202 valence electrons. The molecule has 0 bridgehead atoms. The van der Waals surface area contributed by atoms with Crippen molar-refractivity contribution in [2.45, 2.75) is 23.8 Å². The first-order chi connectivity index (χ1) is 18.5. The van der Waals surface area contributed by atoms with Gasteiger partial charge in [0.25, 0.3) is 5.91 Å². The quantitative estimate of drug-likeness (QED) is 0.214. The number of imide groups is 1. The zero-order valence-electron chi connectivity index (χ0n) is 20.5. The highest BCUT2D eigenvalue weighted by Gasteiger charge is 2.39. The van der Waals surface area contributed by atoms with Gasteiger partial charge in [-0.2, -0.15) is 0 Å². The maximum atomic E-state index is 12.9. The number of Topliss-reactive ketones (excluding diaryl/α,β-unsaturated/α-hetero) is 1. The van der Waals surface area contributed by atoms with Crippen LogP contribution in [0, 0.1) is 0 Å². The number of hydrogen-bond acceptors (Lipinski definition) is 8. The van der Waals surface area contributed by atoms with Crippen LogP contribution in [0.25, 0.3) is 0 Å². The average Bonchev–Trinajstić information content (AvgIpc) is 3.19. The molecule has 1 aliphatic rings. The molecule has 1 unspecified atom stereocenters. The van der Waals surface area contributed by atoms with Gasteiger partial charge in [-0.1, -0.05) is 35.9 Å². The molecule has 39 heavy (non-hydrogen) atoms.